The Bertz CT molecular complexity index is 3550. The van der Waals surface area contributed by atoms with E-state index in [2.05, 4.69) is 199 Å². The van der Waals surface area contributed by atoms with Crippen LogP contribution in [0.2, 0.25) is 0 Å². The van der Waals surface area contributed by atoms with Crippen LogP contribution in [0.15, 0.2) is 114 Å². The van der Waals surface area contributed by atoms with Crippen LogP contribution in [-0.2, 0) is 27.1 Å². The molecule has 6 heterocycles. The molecule has 0 bridgehead atoms. The summed E-state index contributed by atoms with van der Waals surface area (Å²) in [6.07, 6.45) is 0. The van der Waals surface area contributed by atoms with Crippen molar-refractivity contribution in [3.8, 4) is 34.3 Å². The minimum atomic E-state index is -0.118. The standard InChI is InChI=1S/2C20H25N3O.C16H16BrN3O/c2*1-19(2,3)13-11-14(20(4,5)6)18(24)17(12-13)23-21-15-9-7-8-10-16(15)22(21)23;1-16(2,3)11-5-4-6-13(15(11)21)19-18-12-8-7-10(17)9-14(12)20(18)19/h2*7-12,24H,1-6H3;4-9,21H,1-3H3. The zero-order chi connectivity index (χ0) is 49.8. The van der Waals surface area contributed by atoms with Crippen LogP contribution in [0.3, 0.4) is 0 Å². The topological polar surface area (TPSA) is 102 Å². The number of halogens is 1. The fourth-order valence-corrected chi connectivity index (χ4v) is 9.71. The number of rotatable bonds is 3. The Kier molecular flexibility index (Phi) is 10.00. The van der Waals surface area contributed by atoms with Gasteiger partial charge in [-0.05, 0) is 98.9 Å². The lowest BCUT2D eigenvalue weighted by atomic mass is 9.80. The Morgan fingerprint density at radius 3 is 1.01 bits per heavy atom. The van der Waals surface area contributed by atoms with Crippen molar-refractivity contribution in [1.82, 2.24) is 42.2 Å². The molecular formula is C56H66BrN9O3. The third-order valence-electron chi connectivity index (χ3n) is 13.5. The highest BCUT2D eigenvalue weighted by Gasteiger charge is 2.34. The average Bonchev–Trinajstić information content (AvgIpc) is 4.17. The Labute approximate surface area is 411 Å². The quantitative estimate of drug-likeness (QED) is 0.164. The van der Waals surface area contributed by atoms with Crippen molar-refractivity contribution in [1.29, 1.82) is 0 Å². The van der Waals surface area contributed by atoms with Crippen LogP contribution in [0.5, 0.6) is 17.2 Å². The zero-order valence-electron chi connectivity index (χ0n) is 42.6. The smallest absolute Gasteiger partial charge is 0.146 e. The molecule has 3 N–H and O–H groups in total. The number of benzene rings is 6. The molecule has 0 spiro atoms. The van der Waals surface area contributed by atoms with Crippen LogP contribution in [0.4, 0.5) is 0 Å². The fraction of sp³-hybridized carbons (Fsp3) is 0.357. The predicted octanol–water partition coefficient (Wildman–Crippen LogP) is 13.6. The van der Waals surface area contributed by atoms with Crippen molar-refractivity contribution in [3.05, 3.63) is 141 Å². The van der Waals surface area contributed by atoms with E-state index in [1.807, 2.05) is 72.2 Å². The van der Waals surface area contributed by atoms with E-state index in [4.69, 9.17) is 0 Å². The molecule has 6 aromatic carbocycles. The molecule has 69 heavy (non-hydrogen) atoms. The molecule has 12 aromatic rings. The Morgan fingerprint density at radius 2 is 0.652 bits per heavy atom. The van der Waals surface area contributed by atoms with Gasteiger partial charge in [-0.1, -0.05) is 168 Å². The van der Waals surface area contributed by atoms with E-state index in [0.717, 1.165) is 49.3 Å². The van der Waals surface area contributed by atoms with Crippen molar-refractivity contribution < 1.29 is 15.3 Å². The maximum atomic E-state index is 11.0. The van der Waals surface area contributed by atoms with E-state index in [9.17, 15) is 15.3 Å². The number of aromatic hydroxyl groups is 3. The number of nitrogens with zero attached hydrogens (tertiary/aromatic N) is 9. The molecule has 0 atom stereocenters. The molecule has 0 radical (unpaired) electrons. The van der Waals surface area contributed by atoms with E-state index in [-0.39, 0.29) is 27.1 Å². The number of para-hydroxylation sites is 5. The second-order valence-corrected chi connectivity index (χ2v) is 24.8. The summed E-state index contributed by atoms with van der Waals surface area (Å²) in [6.45, 7) is 32.4. The summed E-state index contributed by atoms with van der Waals surface area (Å²) < 4.78 is 13.5. The summed E-state index contributed by atoms with van der Waals surface area (Å²) in [5.74, 6) is 1.09. The monoisotopic (exact) mass is 991 g/mol. The van der Waals surface area contributed by atoms with Crippen molar-refractivity contribution in [2.75, 3.05) is 0 Å². The van der Waals surface area contributed by atoms with Crippen LogP contribution in [0.25, 0.3) is 50.2 Å². The zero-order valence-corrected chi connectivity index (χ0v) is 44.2. The number of phenolic OH excluding ortho intramolecular Hbond substituents is 3. The lowest BCUT2D eigenvalue weighted by Gasteiger charge is -2.26. The Hall–Kier alpha value is -6.60. The van der Waals surface area contributed by atoms with E-state index in [1.54, 1.807) is 0 Å². The number of hydrogen-bond donors (Lipinski definition) is 3. The van der Waals surface area contributed by atoms with Gasteiger partial charge in [-0.15, -0.1) is 42.2 Å². The summed E-state index contributed by atoms with van der Waals surface area (Å²) in [7, 11) is 0. The van der Waals surface area contributed by atoms with Gasteiger partial charge in [-0.25, -0.2) is 0 Å². The van der Waals surface area contributed by atoms with Crippen LogP contribution < -0.4 is 0 Å². The predicted molar refractivity (Wildman–Crippen MR) is 283 cm³/mol. The number of phenols is 3. The maximum absolute atomic E-state index is 11.0. The van der Waals surface area contributed by atoms with Crippen LogP contribution in [-0.4, -0.2) is 57.5 Å². The fourth-order valence-electron chi connectivity index (χ4n) is 9.37. The lowest BCUT2D eigenvalue weighted by molar-refractivity contribution is 0.441. The minimum Gasteiger partial charge on any atom is -0.505 e. The average molecular weight is 993 g/mol. The van der Waals surface area contributed by atoms with Gasteiger partial charge < -0.3 is 15.3 Å². The normalized spacial score (nSPS) is 13.4. The first-order chi connectivity index (χ1) is 32.1. The first-order valence-electron chi connectivity index (χ1n) is 23.9. The molecule has 12 nitrogen and oxygen atoms in total. The van der Waals surface area contributed by atoms with Crippen molar-refractivity contribution in [2.45, 2.75) is 131 Å². The molecule has 12 rings (SSSR count). The molecule has 0 saturated carbocycles. The van der Waals surface area contributed by atoms with Gasteiger partial charge >= 0.3 is 0 Å². The highest BCUT2D eigenvalue weighted by Crippen LogP contribution is 2.43. The van der Waals surface area contributed by atoms with Crippen molar-refractivity contribution >= 4 is 49.0 Å². The van der Waals surface area contributed by atoms with Crippen LogP contribution in [0, 0.1) is 0 Å². The summed E-state index contributed by atoms with van der Waals surface area (Å²) in [6, 6.07) is 37.2. The third-order valence-corrected chi connectivity index (χ3v) is 14.0. The van der Waals surface area contributed by atoms with E-state index >= 15 is 0 Å². The SMILES string of the molecule is CC(C)(C)c1cc(-n2n3c4ccccc4n23)c(O)c(C(C)(C)C)c1.CC(C)(C)c1cc(-n2n3c4ccccc4n23)c(O)c(C(C)(C)C)c1.CC(C)(C)c1cccc(-n2n3c4ccc(Br)cc4n23)c1O. The molecule has 360 valence electrons. The molecule has 0 aliphatic carbocycles. The minimum absolute atomic E-state index is 0.0228. The summed E-state index contributed by atoms with van der Waals surface area (Å²) >= 11 is 3.49. The molecule has 0 fully saturated rings. The summed E-state index contributed by atoms with van der Waals surface area (Å²) in [5.41, 5.74) is 14.6. The lowest BCUT2D eigenvalue weighted by Crippen LogP contribution is -2.17. The second-order valence-electron chi connectivity index (χ2n) is 23.9. The van der Waals surface area contributed by atoms with Crippen LogP contribution >= 0.6 is 15.9 Å². The molecule has 0 unspecified atom stereocenters. The molecule has 0 aliphatic rings. The van der Waals surface area contributed by atoms with Gasteiger partial charge in [-0.3, -0.25) is 0 Å². The van der Waals surface area contributed by atoms with Crippen molar-refractivity contribution in [2.24, 2.45) is 0 Å². The first kappa shape index (κ1) is 46.1. The highest BCUT2D eigenvalue weighted by molar-refractivity contribution is 9.10. The highest BCUT2D eigenvalue weighted by atomic mass is 79.9. The number of aromatic nitrogens is 9. The molecule has 13 heteroatoms. The van der Waals surface area contributed by atoms with Gasteiger partial charge in [0, 0.05) is 21.2 Å². The Morgan fingerprint density at radius 1 is 0.319 bits per heavy atom. The number of fused-ring (bicyclic) bond motifs is 12. The second kappa shape index (κ2) is 15.0. The molecule has 0 amide bonds. The Balaban J connectivity index is 0.000000121. The summed E-state index contributed by atoms with van der Waals surface area (Å²) in [5, 5.41) is 32.6. The molecule has 0 saturated heterocycles. The first-order valence-corrected chi connectivity index (χ1v) is 24.7. The van der Waals surface area contributed by atoms with Gasteiger partial charge in [0.15, 0.2) is 0 Å². The van der Waals surface area contributed by atoms with Crippen LogP contribution in [0.1, 0.15) is 132 Å². The van der Waals surface area contributed by atoms with E-state index < -0.39 is 0 Å². The van der Waals surface area contributed by atoms with E-state index in [1.165, 1.54) is 33.2 Å². The van der Waals surface area contributed by atoms with Gasteiger partial charge in [-0.2, -0.15) is 0 Å². The number of hydrogen-bond acceptors (Lipinski definition) is 3. The maximum Gasteiger partial charge on any atom is 0.146 e. The molecular weight excluding hydrogens is 927 g/mol. The molecule has 6 aromatic heterocycles. The van der Waals surface area contributed by atoms with Gasteiger partial charge in [0.1, 0.15) is 67.4 Å². The van der Waals surface area contributed by atoms with Crippen molar-refractivity contribution in [3.63, 3.8) is 0 Å². The summed E-state index contributed by atoms with van der Waals surface area (Å²) in [4.78, 5) is 6.08. The molecule has 0 aliphatic heterocycles. The van der Waals surface area contributed by atoms with Gasteiger partial charge in [0.2, 0.25) is 0 Å². The third kappa shape index (κ3) is 7.46. The van der Waals surface area contributed by atoms with E-state index in [0.29, 0.717) is 17.2 Å². The van der Waals surface area contributed by atoms with Gasteiger partial charge in [0.05, 0.1) is 0 Å². The van der Waals surface area contributed by atoms with Gasteiger partial charge in [0.25, 0.3) is 0 Å². The largest absolute Gasteiger partial charge is 0.505 e.